The highest BCUT2D eigenvalue weighted by molar-refractivity contribution is 5.08. The summed E-state index contributed by atoms with van der Waals surface area (Å²) in [4.78, 5) is 4.26. The van der Waals surface area contributed by atoms with Gasteiger partial charge in [-0.15, -0.1) is 6.42 Å². The molecule has 0 radical (unpaired) electrons. The number of rotatable bonds is 4. The van der Waals surface area contributed by atoms with E-state index < -0.39 is 0 Å². The first kappa shape index (κ1) is 10.8. The third-order valence-electron chi connectivity index (χ3n) is 2.19. The van der Waals surface area contributed by atoms with Gasteiger partial charge in [-0.2, -0.15) is 0 Å². The van der Waals surface area contributed by atoms with Crippen LogP contribution in [0.3, 0.4) is 0 Å². The van der Waals surface area contributed by atoms with E-state index in [1.54, 1.807) is 0 Å². The Bertz CT molecular complexity index is 331. The topological polar surface area (TPSA) is 29.9 Å². The van der Waals surface area contributed by atoms with E-state index in [0.717, 1.165) is 12.4 Å². The zero-order valence-electron chi connectivity index (χ0n) is 9.04. The van der Waals surface area contributed by atoms with Gasteiger partial charge in [-0.05, 0) is 20.8 Å². The predicted molar refractivity (Wildman–Crippen MR) is 57.7 cm³/mol. The normalized spacial score (nSPS) is 11.3. The minimum atomic E-state index is -0.273. The molecule has 0 spiro atoms. The van der Waals surface area contributed by atoms with Crippen LogP contribution >= 0.6 is 0 Å². The summed E-state index contributed by atoms with van der Waals surface area (Å²) in [6.45, 7) is 7.70. The first-order valence-corrected chi connectivity index (χ1v) is 4.82. The first-order valence-electron chi connectivity index (χ1n) is 4.82. The van der Waals surface area contributed by atoms with Crippen molar-refractivity contribution in [3.8, 4) is 12.3 Å². The lowest BCUT2D eigenvalue weighted by molar-refractivity contribution is 0.472. The van der Waals surface area contributed by atoms with Crippen molar-refractivity contribution in [2.45, 2.75) is 39.4 Å². The van der Waals surface area contributed by atoms with Crippen LogP contribution in [0.2, 0.25) is 0 Å². The number of nitrogens with one attached hydrogen (secondary N) is 1. The van der Waals surface area contributed by atoms with Gasteiger partial charge in [0, 0.05) is 18.9 Å². The number of nitrogens with zero attached hydrogens (tertiary/aromatic N) is 2. The van der Waals surface area contributed by atoms with Crippen molar-refractivity contribution in [3.05, 3.63) is 18.2 Å². The molecule has 1 rings (SSSR count). The molecule has 0 unspecified atom stereocenters. The van der Waals surface area contributed by atoms with Crippen molar-refractivity contribution in [2.75, 3.05) is 0 Å². The summed E-state index contributed by atoms with van der Waals surface area (Å²) in [5.41, 5.74) is -0.273. The molecule has 0 saturated heterocycles. The summed E-state index contributed by atoms with van der Waals surface area (Å²) < 4.78 is 2.10. The van der Waals surface area contributed by atoms with Crippen molar-refractivity contribution in [1.29, 1.82) is 0 Å². The second-order valence-corrected chi connectivity index (χ2v) is 3.75. The number of terminal acetylenes is 1. The Morgan fingerprint density at radius 2 is 2.36 bits per heavy atom. The van der Waals surface area contributed by atoms with E-state index in [-0.39, 0.29) is 5.54 Å². The van der Waals surface area contributed by atoms with Crippen LogP contribution in [0, 0.1) is 12.3 Å². The second-order valence-electron chi connectivity index (χ2n) is 3.75. The standard InChI is InChI=1S/C11H17N3/c1-5-11(3,4)13-9-10-12-7-8-14(10)6-2/h1,7-8,13H,6,9H2,2-4H3. The van der Waals surface area contributed by atoms with Gasteiger partial charge < -0.3 is 4.57 Å². The van der Waals surface area contributed by atoms with E-state index in [9.17, 15) is 0 Å². The molecule has 0 aliphatic heterocycles. The number of imidazole rings is 1. The van der Waals surface area contributed by atoms with Gasteiger partial charge in [-0.1, -0.05) is 5.92 Å². The summed E-state index contributed by atoms with van der Waals surface area (Å²) >= 11 is 0. The quantitative estimate of drug-likeness (QED) is 0.729. The molecule has 0 aromatic carbocycles. The zero-order valence-corrected chi connectivity index (χ0v) is 9.04. The number of aromatic nitrogens is 2. The van der Waals surface area contributed by atoms with Crippen LogP contribution in [-0.2, 0) is 13.1 Å². The van der Waals surface area contributed by atoms with Gasteiger partial charge in [0.2, 0.25) is 0 Å². The molecule has 1 aromatic heterocycles. The van der Waals surface area contributed by atoms with E-state index in [0.29, 0.717) is 6.54 Å². The Kier molecular flexibility index (Phi) is 3.32. The summed E-state index contributed by atoms with van der Waals surface area (Å²) in [5.74, 6) is 3.72. The highest BCUT2D eigenvalue weighted by Gasteiger charge is 2.13. The molecule has 1 aromatic rings. The average Bonchev–Trinajstić information content (AvgIpc) is 2.62. The Balaban J connectivity index is 2.59. The molecule has 76 valence electrons. The van der Waals surface area contributed by atoms with E-state index in [1.807, 2.05) is 26.2 Å². The third kappa shape index (κ3) is 2.61. The van der Waals surface area contributed by atoms with E-state index >= 15 is 0 Å². The maximum absolute atomic E-state index is 5.38. The van der Waals surface area contributed by atoms with Gasteiger partial charge in [0.1, 0.15) is 5.82 Å². The molecule has 0 amide bonds. The summed E-state index contributed by atoms with van der Waals surface area (Å²) in [5, 5.41) is 3.27. The monoisotopic (exact) mass is 191 g/mol. The fourth-order valence-electron chi connectivity index (χ4n) is 1.15. The molecule has 1 N–H and O–H groups in total. The molecule has 14 heavy (non-hydrogen) atoms. The van der Waals surface area contributed by atoms with E-state index in [4.69, 9.17) is 6.42 Å². The highest BCUT2D eigenvalue weighted by Crippen LogP contribution is 2.03. The summed E-state index contributed by atoms with van der Waals surface area (Å²) in [6, 6.07) is 0. The minimum Gasteiger partial charge on any atom is -0.334 e. The van der Waals surface area contributed by atoms with Crippen LogP contribution in [0.15, 0.2) is 12.4 Å². The molecule has 0 saturated carbocycles. The van der Waals surface area contributed by atoms with Gasteiger partial charge in [0.25, 0.3) is 0 Å². The Morgan fingerprint density at radius 1 is 1.64 bits per heavy atom. The number of hydrogen-bond donors (Lipinski definition) is 1. The molecule has 0 aliphatic carbocycles. The van der Waals surface area contributed by atoms with Crippen LogP contribution in [0.25, 0.3) is 0 Å². The van der Waals surface area contributed by atoms with Gasteiger partial charge in [-0.25, -0.2) is 4.98 Å². The number of aryl methyl sites for hydroxylation is 1. The van der Waals surface area contributed by atoms with Crippen molar-refractivity contribution in [2.24, 2.45) is 0 Å². The maximum Gasteiger partial charge on any atom is 0.122 e. The van der Waals surface area contributed by atoms with E-state index in [1.165, 1.54) is 0 Å². The summed E-state index contributed by atoms with van der Waals surface area (Å²) in [6.07, 6.45) is 9.16. The molecule has 0 fully saturated rings. The lowest BCUT2D eigenvalue weighted by Crippen LogP contribution is -2.37. The molecule has 3 nitrogen and oxygen atoms in total. The van der Waals surface area contributed by atoms with Crippen LogP contribution in [0.5, 0.6) is 0 Å². The smallest absolute Gasteiger partial charge is 0.122 e. The minimum absolute atomic E-state index is 0.273. The van der Waals surface area contributed by atoms with Crippen LogP contribution < -0.4 is 5.32 Å². The third-order valence-corrected chi connectivity index (χ3v) is 2.19. The molecular formula is C11H17N3. The average molecular weight is 191 g/mol. The van der Waals surface area contributed by atoms with Crippen LogP contribution in [0.1, 0.15) is 26.6 Å². The molecular weight excluding hydrogens is 174 g/mol. The Hall–Kier alpha value is -1.27. The largest absolute Gasteiger partial charge is 0.334 e. The van der Waals surface area contributed by atoms with Crippen molar-refractivity contribution in [1.82, 2.24) is 14.9 Å². The van der Waals surface area contributed by atoms with Gasteiger partial charge >= 0.3 is 0 Å². The fourth-order valence-corrected chi connectivity index (χ4v) is 1.15. The Labute approximate surface area is 85.5 Å². The molecule has 0 aliphatic rings. The molecule has 1 heterocycles. The zero-order chi connectivity index (χ0) is 10.6. The SMILES string of the molecule is C#CC(C)(C)NCc1nccn1CC. The fraction of sp³-hybridized carbons (Fsp3) is 0.545. The highest BCUT2D eigenvalue weighted by atomic mass is 15.1. The molecule has 3 heteroatoms. The van der Waals surface area contributed by atoms with Gasteiger partial charge in [0.15, 0.2) is 0 Å². The maximum atomic E-state index is 5.38. The van der Waals surface area contributed by atoms with Crippen molar-refractivity contribution in [3.63, 3.8) is 0 Å². The predicted octanol–water partition coefficient (Wildman–Crippen LogP) is 1.40. The number of hydrogen-bond acceptors (Lipinski definition) is 2. The van der Waals surface area contributed by atoms with Crippen LogP contribution in [-0.4, -0.2) is 15.1 Å². The lowest BCUT2D eigenvalue weighted by atomic mass is 10.1. The Morgan fingerprint density at radius 3 is 2.93 bits per heavy atom. The molecule has 0 bridgehead atoms. The van der Waals surface area contributed by atoms with Gasteiger partial charge in [-0.3, -0.25) is 5.32 Å². The lowest BCUT2D eigenvalue weighted by Gasteiger charge is -2.19. The van der Waals surface area contributed by atoms with Crippen molar-refractivity contribution < 1.29 is 0 Å². The van der Waals surface area contributed by atoms with Crippen LogP contribution in [0.4, 0.5) is 0 Å². The second kappa shape index (κ2) is 4.30. The first-order chi connectivity index (χ1) is 6.59. The van der Waals surface area contributed by atoms with E-state index in [2.05, 4.69) is 27.7 Å². The van der Waals surface area contributed by atoms with Gasteiger partial charge in [0.05, 0.1) is 12.1 Å². The molecule has 0 atom stereocenters. The summed E-state index contributed by atoms with van der Waals surface area (Å²) in [7, 11) is 0. The van der Waals surface area contributed by atoms with Crippen molar-refractivity contribution >= 4 is 0 Å².